The maximum absolute atomic E-state index is 4.20. The Bertz CT molecular complexity index is 420. The molecule has 0 saturated carbocycles. The van der Waals surface area contributed by atoms with Crippen LogP contribution in [0.25, 0.3) is 0 Å². The fourth-order valence-corrected chi connectivity index (χ4v) is 1.52. The van der Waals surface area contributed by atoms with E-state index in [2.05, 4.69) is 51.8 Å². The van der Waals surface area contributed by atoms with Crippen LogP contribution < -0.4 is 5.32 Å². The first-order valence-corrected chi connectivity index (χ1v) is 5.01. The van der Waals surface area contributed by atoms with Crippen LogP contribution in [0.1, 0.15) is 11.6 Å². The van der Waals surface area contributed by atoms with Crippen LogP contribution in [0.5, 0.6) is 0 Å². The molecule has 0 saturated heterocycles. The molecule has 0 aliphatic carbocycles. The first kappa shape index (κ1) is 9.97. The van der Waals surface area contributed by atoms with Crippen LogP contribution in [-0.2, 0) is 6.54 Å². The predicted octanol–water partition coefficient (Wildman–Crippen LogP) is 0.673. The van der Waals surface area contributed by atoms with E-state index < -0.39 is 0 Å². The number of hydrogen-bond donors (Lipinski definition) is 2. The summed E-state index contributed by atoms with van der Waals surface area (Å²) in [5.41, 5.74) is 0. The summed E-state index contributed by atoms with van der Waals surface area (Å²) in [5, 5.41) is 16.5. The third-order valence-corrected chi connectivity index (χ3v) is 2.03. The van der Waals surface area contributed by atoms with Gasteiger partial charge in [0.15, 0.2) is 5.82 Å². The molecule has 8 heteroatoms. The summed E-state index contributed by atoms with van der Waals surface area (Å²) in [7, 11) is 0. The molecule has 2 rings (SSSR count). The highest BCUT2D eigenvalue weighted by molar-refractivity contribution is 9.10. The molecule has 0 unspecified atom stereocenters. The van der Waals surface area contributed by atoms with Gasteiger partial charge in [-0.25, -0.2) is 9.97 Å². The number of anilines is 1. The smallest absolute Gasteiger partial charge is 0.193 e. The number of rotatable bonds is 3. The maximum Gasteiger partial charge on any atom is 0.193 e. The molecule has 0 radical (unpaired) electrons. The number of aromatic nitrogens is 6. The molecule has 0 fully saturated rings. The number of halogens is 1. The van der Waals surface area contributed by atoms with Gasteiger partial charge in [-0.3, -0.25) is 0 Å². The predicted molar refractivity (Wildman–Crippen MR) is 56.0 cm³/mol. The van der Waals surface area contributed by atoms with Gasteiger partial charge < -0.3 is 5.32 Å². The minimum Gasteiger partial charge on any atom is -0.362 e. The molecule has 7 nitrogen and oxygen atoms in total. The number of H-pyrrole nitrogens is 1. The molecule has 0 bridgehead atoms. The highest BCUT2D eigenvalue weighted by Gasteiger charge is 2.01. The van der Waals surface area contributed by atoms with Gasteiger partial charge in [0, 0.05) is 6.07 Å². The van der Waals surface area contributed by atoms with Gasteiger partial charge in [0.05, 0.1) is 6.54 Å². The second-order valence-corrected chi connectivity index (χ2v) is 3.62. The Labute approximate surface area is 93.8 Å². The van der Waals surface area contributed by atoms with Gasteiger partial charge in [0.25, 0.3) is 0 Å². The van der Waals surface area contributed by atoms with Crippen LogP contribution in [0.15, 0.2) is 10.7 Å². The van der Waals surface area contributed by atoms with Gasteiger partial charge in [-0.05, 0) is 22.9 Å². The van der Waals surface area contributed by atoms with Crippen molar-refractivity contribution in [3.63, 3.8) is 0 Å². The zero-order valence-corrected chi connectivity index (χ0v) is 9.48. The number of tetrazole rings is 1. The van der Waals surface area contributed by atoms with Crippen molar-refractivity contribution in [2.45, 2.75) is 13.5 Å². The van der Waals surface area contributed by atoms with E-state index in [1.54, 1.807) is 6.07 Å². The molecule has 0 spiro atoms. The van der Waals surface area contributed by atoms with E-state index in [0.29, 0.717) is 18.2 Å². The summed E-state index contributed by atoms with van der Waals surface area (Å²) in [6.07, 6.45) is 0. The van der Waals surface area contributed by atoms with E-state index in [1.807, 2.05) is 6.92 Å². The molecule has 15 heavy (non-hydrogen) atoms. The van der Waals surface area contributed by atoms with Crippen molar-refractivity contribution in [2.75, 3.05) is 5.32 Å². The Hall–Kier alpha value is -1.57. The van der Waals surface area contributed by atoms with Crippen molar-refractivity contribution in [3.8, 4) is 0 Å². The quantitative estimate of drug-likeness (QED) is 0.796. The van der Waals surface area contributed by atoms with Crippen molar-refractivity contribution in [3.05, 3.63) is 22.3 Å². The van der Waals surface area contributed by atoms with E-state index in [4.69, 9.17) is 0 Å². The minimum atomic E-state index is 0.472. The van der Waals surface area contributed by atoms with E-state index in [9.17, 15) is 0 Å². The van der Waals surface area contributed by atoms with Gasteiger partial charge in [0.1, 0.15) is 16.2 Å². The Kier molecular flexibility index (Phi) is 2.86. The Morgan fingerprint density at radius 1 is 1.47 bits per heavy atom. The fraction of sp³-hybridized carbons (Fsp3) is 0.286. The van der Waals surface area contributed by atoms with E-state index in [-0.39, 0.29) is 0 Å². The van der Waals surface area contributed by atoms with Crippen LogP contribution in [0.4, 0.5) is 5.82 Å². The summed E-state index contributed by atoms with van der Waals surface area (Å²) in [6, 6.07) is 1.78. The molecule has 0 aliphatic rings. The van der Waals surface area contributed by atoms with E-state index in [1.165, 1.54) is 0 Å². The normalized spacial score (nSPS) is 10.3. The van der Waals surface area contributed by atoms with Crippen LogP contribution in [-0.4, -0.2) is 30.6 Å². The zero-order chi connectivity index (χ0) is 10.7. The van der Waals surface area contributed by atoms with Gasteiger partial charge in [-0.15, -0.1) is 10.2 Å². The second-order valence-electron chi connectivity index (χ2n) is 2.80. The van der Waals surface area contributed by atoms with Gasteiger partial charge in [0.2, 0.25) is 0 Å². The monoisotopic (exact) mass is 269 g/mol. The molecule has 2 heterocycles. The van der Waals surface area contributed by atoms with Crippen molar-refractivity contribution < 1.29 is 0 Å². The number of hydrogen-bond acceptors (Lipinski definition) is 6. The van der Waals surface area contributed by atoms with Gasteiger partial charge >= 0.3 is 0 Å². The third kappa shape index (κ3) is 2.69. The molecule has 78 valence electrons. The second kappa shape index (κ2) is 4.30. The summed E-state index contributed by atoms with van der Waals surface area (Å²) < 4.78 is 0.741. The van der Waals surface area contributed by atoms with Crippen LogP contribution >= 0.6 is 15.9 Å². The number of aromatic amines is 1. The van der Waals surface area contributed by atoms with Crippen molar-refractivity contribution in [2.24, 2.45) is 0 Å². The molecule has 0 aromatic carbocycles. The van der Waals surface area contributed by atoms with Crippen molar-refractivity contribution >= 4 is 21.7 Å². The lowest BCUT2D eigenvalue weighted by molar-refractivity contribution is 0.881. The first-order valence-electron chi connectivity index (χ1n) is 4.21. The van der Waals surface area contributed by atoms with Crippen molar-refractivity contribution in [1.82, 2.24) is 30.6 Å². The average Bonchev–Trinajstić information content (AvgIpc) is 2.65. The van der Waals surface area contributed by atoms with Gasteiger partial charge in [-0.1, -0.05) is 5.21 Å². The van der Waals surface area contributed by atoms with Gasteiger partial charge in [-0.2, -0.15) is 5.21 Å². The topological polar surface area (TPSA) is 92.3 Å². The number of aryl methyl sites for hydroxylation is 1. The Morgan fingerprint density at radius 3 is 3.00 bits per heavy atom. The lowest BCUT2D eigenvalue weighted by atomic mass is 10.5. The summed E-state index contributed by atoms with van der Waals surface area (Å²) >= 11 is 3.29. The van der Waals surface area contributed by atoms with E-state index in [0.717, 1.165) is 10.4 Å². The summed E-state index contributed by atoms with van der Waals surface area (Å²) in [4.78, 5) is 8.29. The molecule has 0 atom stereocenters. The molecule has 0 amide bonds. The average molecular weight is 270 g/mol. The summed E-state index contributed by atoms with van der Waals surface area (Å²) in [5.74, 6) is 2.00. The molecular weight excluding hydrogens is 262 g/mol. The molecular formula is C7H8BrN7. The maximum atomic E-state index is 4.20. The standard InChI is InChI=1S/C7H8BrN7/c1-4-10-5(8)2-6(11-4)9-3-7-12-14-15-13-7/h2H,3H2,1H3,(H,9,10,11)(H,12,13,14,15). The highest BCUT2D eigenvalue weighted by atomic mass is 79.9. The lowest BCUT2D eigenvalue weighted by Gasteiger charge is -2.03. The SMILES string of the molecule is Cc1nc(Br)cc(NCc2nn[nH]n2)n1. The lowest BCUT2D eigenvalue weighted by Crippen LogP contribution is -2.04. The fourth-order valence-electron chi connectivity index (χ4n) is 1.05. The Morgan fingerprint density at radius 2 is 2.33 bits per heavy atom. The highest BCUT2D eigenvalue weighted by Crippen LogP contribution is 2.12. The Balaban J connectivity index is 2.05. The third-order valence-electron chi connectivity index (χ3n) is 1.62. The minimum absolute atomic E-state index is 0.472. The summed E-state index contributed by atoms with van der Waals surface area (Å²) in [6.45, 7) is 2.30. The largest absolute Gasteiger partial charge is 0.362 e. The van der Waals surface area contributed by atoms with E-state index >= 15 is 0 Å². The molecule has 2 aromatic heterocycles. The molecule has 2 N–H and O–H groups in total. The van der Waals surface area contributed by atoms with Crippen molar-refractivity contribution in [1.29, 1.82) is 0 Å². The first-order chi connectivity index (χ1) is 7.24. The zero-order valence-electron chi connectivity index (χ0n) is 7.90. The number of nitrogens with one attached hydrogen (secondary N) is 2. The van der Waals surface area contributed by atoms with Crippen LogP contribution in [0.2, 0.25) is 0 Å². The van der Waals surface area contributed by atoms with Crippen LogP contribution in [0, 0.1) is 6.92 Å². The van der Waals surface area contributed by atoms with Crippen LogP contribution in [0.3, 0.4) is 0 Å². The molecule has 2 aromatic rings. The number of nitrogens with zero attached hydrogens (tertiary/aromatic N) is 5. The molecule has 0 aliphatic heterocycles.